The summed E-state index contributed by atoms with van der Waals surface area (Å²) in [4.78, 5) is 43.2. The number of allylic oxidation sites excluding steroid dienone is 1. The Kier molecular flexibility index (Phi) is 7.59. The Bertz CT molecular complexity index is 1460. The summed E-state index contributed by atoms with van der Waals surface area (Å²) in [5.41, 5.74) is 5.15. The van der Waals surface area contributed by atoms with E-state index in [0.717, 1.165) is 17.5 Å². The third kappa shape index (κ3) is 5.48. The molecule has 2 heterocycles. The van der Waals surface area contributed by atoms with Gasteiger partial charge in [0.2, 0.25) is 5.91 Å². The first-order valence-corrected chi connectivity index (χ1v) is 13.2. The lowest BCUT2D eigenvalue weighted by molar-refractivity contribution is -0.140. The molecule has 0 fully saturated rings. The minimum absolute atomic E-state index is 0.0146. The molecule has 0 aliphatic carbocycles. The lowest BCUT2D eigenvalue weighted by atomic mass is 9.83. The number of ether oxygens (including phenoxy) is 1. The molecule has 3 aromatic rings. The fraction of sp³-hybridized carbons (Fsp3) is 0.281. The number of carbonyl (C=O) groups is 3. The van der Waals surface area contributed by atoms with Crippen LogP contribution in [-0.2, 0) is 33.8 Å². The number of amides is 2. The van der Waals surface area contributed by atoms with Crippen molar-refractivity contribution in [3.63, 3.8) is 0 Å². The Hall–Kier alpha value is -4.26. The molecular weight excluding hydrogens is 495 g/mol. The van der Waals surface area contributed by atoms with Crippen LogP contribution >= 0.6 is 0 Å². The van der Waals surface area contributed by atoms with Gasteiger partial charge in [-0.3, -0.25) is 9.59 Å². The van der Waals surface area contributed by atoms with Crippen molar-refractivity contribution in [2.45, 2.75) is 45.7 Å². The van der Waals surface area contributed by atoms with Gasteiger partial charge in [-0.15, -0.1) is 0 Å². The number of carbonyl (C=O) groups excluding carboxylic acids is 3. The fourth-order valence-corrected chi connectivity index (χ4v) is 5.52. The van der Waals surface area contributed by atoms with E-state index in [0.29, 0.717) is 35.5 Å². The highest BCUT2D eigenvalue weighted by atomic mass is 19.1. The largest absolute Gasteiger partial charge is 0.463 e. The Labute approximate surface area is 227 Å². The van der Waals surface area contributed by atoms with E-state index in [1.54, 1.807) is 36.9 Å². The van der Waals surface area contributed by atoms with Crippen molar-refractivity contribution in [3.8, 4) is 0 Å². The van der Waals surface area contributed by atoms with Gasteiger partial charge in [0.25, 0.3) is 5.91 Å². The molecular formula is C32H31FN2O4. The van der Waals surface area contributed by atoms with Crippen LogP contribution in [0, 0.1) is 5.82 Å². The predicted molar refractivity (Wildman–Crippen MR) is 145 cm³/mol. The zero-order valence-electron chi connectivity index (χ0n) is 22.2. The van der Waals surface area contributed by atoms with E-state index >= 15 is 0 Å². The van der Waals surface area contributed by atoms with Gasteiger partial charge in [-0.2, -0.15) is 0 Å². The summed E-state index contributed by atoms with van der Waals surface area (Å²) in [5.74, 6) is -1.78. The van der Waals surface area contributed by atoms with Gasteiger partial charge in [-0.25, -0.2) is 9.18 Å². The molecule has 0 spiro atoms. The van der Waals surface area contributed by atoms with Crippen LogP contribution in [0.2, 0.25) is 0 Å². The molecule has 7 heteroatoms. The number of benzene rings is 3. The summed E-state index contributed by atoms with van der Waals surface area (Å²) in [6, 6.07) is 21.4. The summed E-state index contributed by atoms with van der Waals surface area (Å²) in [6.45, 7) is 5.04. The number of fused-ring (bicyclic) bond motifs is 1. The Balaban J connectivity index is 1.41. The van der Waals surface area contributed by atoms with Crippen molar-refractivity contribution in [2.24, 2.45) is 0 Å². The van der Waals surface area contributed by atoms with Crippen LogP contribution in [0.15, 0.2) is 84.1 Å². The maximum atomic E-state index is 14.0. The van der Waals surface area contributed by atoms with Crippen LogP contribution in [-0.4, -0.2) is 40.7 Å². The predicted octanol–water partition coefficient (Wildman–Crippen LogP) is 5.38. The van der Waals surface area contributed by atoms with Crippen LogP contribution in [0.5, 0.6) is 0 Å². The summed E-state index contributed by atoms with van der Waals surface area (Å²) in [5, 5.41) is 0. The van der Waals surface area contributed by atoms with Gasteiger partial charge < -0.3 is 14.5 Å². The molecule has 6 nitrogen and oxygen atoms in total. The lowest BCUT2D eigenvalue weighted by Gasteiger charge is -2.34. The van der Waals surface area contributed by atoms with Gasteiger partial charge in [-0.1, -0.05) is 48.5 Å². The first-order chi connectivity index (χ1) is 18.9. The standard InChI is InChI=1S/C32H31FN2O4/c1-3-39-32(38)30-21(2)35(29(36)18-28(30)24-11-7-13-27(33)17-24)19-22-8-6-12-25(16-22)31(37)34-15-14-23-9-4-5-10-26(23)20-34/h4-13,16-17,28H,3,14-15,18-20H2,1-2H3. The topological polar surface area (TPSA) is 66.9 Å². The molecule has 0 radical (unpaired) electrons. The molecule has 0 saturated heterocycles. The molecule has 5 rings (SSSR count). The number of hydrogen-bond acceptors (Lipinski definition) is 4. The molecule has 0 saturated carbocycles. The number of hydrogen-bond donors (Lipinski definition) is 0. The Morgan fingerprint density at radius 2 is 1.77 bits per heavy atom. The average molecular weight is 527 g/mol. The second-order valence-corrected chi connectivity index (χ2v) is 9.96. The van der Waals surface area contributed by atoms with E-state index in [2.05, 4.69) is 12.1 Å². The summed E-state index contributed by atoms with van der Waals surface area (Å²) >= 11 is 0. The van der Waals surface area contributed by atoms with Crippen molar-refractivity contribution in [3.05, 3.63) is 118 Å². The zero-order valence-corrected chi connectivity index (χ0v) is 22.2. The maximum Gasteiger partial charge on any atom is 0.336 e. The van der Waals surface area contributed by atoms with Gasteiger partial charge in [0, 0.05) is 36.7 Å². The molecule has 2 aliphatic rings. The molecule has 2 amide bonds. The first-order valence-electron chi connectivity index (χ1n) is 13.2. The van der Waals surface area contributed by atoms with E-state index < -0.39 is 17.7 Å². The Morgan fingerprint density at radius 3 is 2.54 bits per heavy atom. The van der Waals surface area contributed by atoms with Gasteiger partial charge in [0.1, 0.15) is 5.82 Å². The molecule has 200 valence electrons. The molecule has 1 unspecified atom stereocenters. The molecule has 1 atom stereocenters. The van der Waals surface area contributed by atoms with Crippen molar-refractivity contribution in [1.82, 2.24) is 9.80 Å². The minimum Gasteiger partial charge on any atom is -0.463 e. The molecule has 2 aliphatic heterocycles. The molecule has 39 heavy (non-hydrogen) atoms. The second-order valence-electron chi connectivity index (χ2n) is 9.96. The number of nitrogens with zero attached hydrogens (tertiary/aromatic N) is 2. The quantitative estimate of drug-likeness (QED) is 0.405. The van der Waals surface area contributed by atoms with E-state index in [9.17, 15) is 18.8 Å². The summed E-state index contributed by atoms with van der Waals surface area (Å²) < 4.78 is 19.3. The van der Waals surface area contributed by atoms with E-state index in [1.807, 2.05) is 35.2 Å². The summed E-state index contributed by atoms with van der Waals surface area (Å²) in [6.07, 6.45) is 0.831. The highest BCUT2D eigenvalue weighted by molar-refractivity contribution is 5.96. The number of rotatable bonds is 6. The van der Waals surface area contributed by atoms with Gasteiger partial charge in [0.15, 0.2) is 0 Å². The SMILES string of the molecule is CCOC(=O)C1=C(C)N(Cc2cccc(C(=O)N3CCc4ccccc4C3)c2)C(=O)CC1c1cccc(F)c1. The smallest absolute Gasteiger partial charge is 0.336 e. The third-order valence-corrected chi connectivity index (χ3v) is 7.50. The van der Waals surface area contributed by atoms with Crippen LogP contribution in [0.4, 0.5) is 4.39 Å². The van der Waals surface area contributed by atoms with Crippen molar-refractivity contribution >= 4 is 17.8 Å². The van der Waals surface area contributed by atoms with Gasteiger partial charge in [-0.05, 0) is 66.8 Å². The van der Waals surface area contributed by atoms with Crippen molar-refractivity contribution < 1.29 is 23.5 Å². The average Bonchev–Trinajstić information content (AvgIpc) is 2.94. The van der Waals surface area contributed by atoms with Gasteiger partial charge in [0.05, 0.1) is 18.7 Å². The number of halogens is 1. The highest BCUT2D eigenvalue weighted by Gasteiger charge is 2.37. The van der Waals surface area contributed by atoms with E-state index in [4.69, 9.17) is 4.74 Å². The minimum atomic E-state index is -0.599. The lowest BCUT2D eigenvalue weighted by Crippen LogP contribution is -2.38. The molecule has 0 bridgehead atoms. The van der Waals surface area contributed by atoms with Crippen LogP contribution in [0.1, 0.15) is 58.8 Å². The van der Waals surface area contributed by atoms with E-state index in [-0.39, 0.29) is 31.4 Å². The van der Waals surface area contributed by atoms with Crippen molar-refractivity contribution in [1.29, 1.82) is 0 Å². The zero-order chi connectivity index (χ0) is 27.5. The van der Waals surface area contributed by atoms with Crippen LogP contribution in [0.25, 0.3) is 0 Å². The monoisotopic (exact) mass is 526 g/mol. The first kappa shape index (κ1) is 26.4. The number of esters is 1. The molecule has 0 N–H and O–H groups in total. The van der Waals surface area contributed by atoms with Crippen LogP contribution in [0.3, 0.4) is 0 Å². The summed E-state index contributed by atoms with van der Waals surface area (Å²) in [7, 11) is 0. The second kappa shape index (κ2) is 11.2. The molecule has 0 aromatic heterocycles. The normalized spacial score (nSPS) is 17.2. The van der Waals surface area contributed by atoms with E-state index in [1.165, 1.54) is 17.7 Å². The van der Waals surface area contributed by atoms with Gasteiger partial charge >= 0.3 is 5.97 Å². The van der Waals surface area contributed by atoms with Crippen molar-refractivity contribution in [2.75, 3.05) is 13.2 Å². The maximum absolute atomic E-state index is 14.0. The third-order valence-electron chi connectivity index (χ3n) is 7.50. The Morgan fingerprint density at radius 1 is 1.00 bits per heavy atom. The fourth-order valence-electron chi connectivity index (χ4n) is 5.52. The highest BCUT2D eigenvalue weighted by Crippen LogP contribution is 2.38. The molecule has 3 aromatic carbocycles. The van der Waals surface area contributed by atoms with Crippen LogP contribution < -0.4 is 0 Å².